The van der Waals surface area contributed by atoms with Crippen molar-refractivity contribution in [3.05, 3.63) is 35.4 Å². The van der Waals surface area contributed by atoms with Gasteiger partial charge in [-0.2, -0.15) is 13.2 Å². The van der Waals surface area contributed by atoms with Gasteiger partial charge in [-0.05, 0) is 45.0 Å². The zero-order valence-corrected chi connectivity index (χ0v) is 14.4. The van der Waals surface area contributed by atoms with Crippen molar-refractivity contribution < 1.29 is 27.5 Å². The maximum absolute atomic E-state index is 12.6. The summed E-state index contributed by atoms with van der Waals surface area (Å²) in [5, 5.41) is 0. The lowest BCUT2D eigenvalue weighted by Gasteiger charge is -2.35. The quantitative estimate of drug-likeness (QED) is 0.773. The molecule has 5 nitrogen and oxygen atoms in total. The van der Waals surface area contributed by atoms with Crippen LogP contribution >= 0.6 is 0 Å². The molecule has 2 rings (SSSR count). The summed E-state index contributed by atoms with van der Waals surface area (Å²) >= 11 is 0. The Bertz CT molecular complexity index is 628. The summed E-state index contributed by atoms with van der Waals surface area (Å²) in [7, 11) is 0. The third kappa shape index (κ3) is 5.11. The molecule has 0 N–H and O–H groups in total. The van der Waals surface area contributed by atoms with Crippen LogP contribution in [0.1, 0.15) is 36.7 Å². The first-order valence-electron chi connectivity index (χ1n) is 7.92. The van der Waals surface area contributed by atoms with Crippen molar-refractivity contribution >= 4 is 12.0 Å². The Hall–Kier alpha value is -2.25. The molecule has 2 amide bonds. The molecular weight excluding hydrogens is 337 g/mol. The van der Waals surface area contributed by atoms with Crippen LogP contribution in [0, 0.1) is 0 Å². The van der Waals surface area contributed by atoms with Crippen LogP contribution in [0.4, 0.5) is 18.0 Å². The molecule has 1 heterocycles. The Morgan fingerprint density at radius 2 is 1.40 bits per heavy atom. The third-order valence-electron chi connectivity index (χ3n) is 3.68. The zero-order chi connectivity index (χ0) is 18.8. The van der Waals surface area contributed by atoms with Gasteiger partial charge in [0.15, 0.2) is 0 Å². The van der Waals surface area contributed by atoms with Crippen molar-refractivity contribution in [1.82, 2.24) is 9.80 Å². The first kappa shape index (κ1) is 19.1. The number of benzene rings is 1. The minimum atomic E-state index is -4.43. The number of halogens is 3. The third-order valence-corrected chi connectivity index (χ3v) is 3.68. The molecule has 1 saturated heterocycles. The monoisotopic (exact) mass is 358 g/mol. The Morgan fingerprint density at radius 1 is 0.920 bits per heavy atom. The number of alkyl halides is 3. The molecule has 25 heavy (non-hydrogen) atoms. The smallest absolute Gasteiger partial charge is 0.416 e. The maximum atomic E-state index is 12.6. The van der Waals surface area contributed by atoms with E-state index in [1.54, 1.807) is 20.8 Å². The highest BCUT2D eigenvalue weighted by Crippen LogP contribution is 2.29. The molecule has 138 valence electrons. The number of ether oxygens (including phenoxy) is 1. The van der Waals surface area contributed by atoms with E-state index in [-0.39, 0.29) is 11.5 Å². The van der Waals surface area contributed by atoms with Crippen LogP contribution < -0.4 is 0 Å². The number of carbonyl (C=O) groups excluding carboxylic acids is 2. The minimum Gasteiger partial charge on any atom is -0.444 e. The van der Waals surface area contributed by atoms with Gasteiger partial charge in [0, 0.05) is 31.7 Å². The van der Waals surface area contributed by atoms with Crippen LogP contribution in [0.2, 0.25) is 0 Å². The normalized spacial score (nSPS) is 15.9. The van der Waals surface area contributed by atoms with Gasteiger partial charge in [0.05, 0.1) is 5.56 Å². The Balaban J connectivity index is 1.94. The predicted molar refractivity (Wildman–Crippen MR) is 85.2 cm³/mol. The number of carbonyl (C=O) groups is 2. The highest BCUT2D eigenvalue weighted by molar-refractivity contribution is 5.94. The van der Waals surface area contributed by atoms with E-state index in [1.807, 2.05) is 0 Å². The second-order valence-corrected chi connectivity index (χ2v) is 6.83. The fourth-order valence-corrected chi connectivity index (χ4v) is 2.40. The van der Waals surface area contributed by atoms with Crippen LogP contribution in [-0.2, 0) is 10.9 Å². The van der Waals surface area contributed by atoms with E-state index < -0.39 is 23.4 Å². The van der Waals surface area contributed by atoms with Crippen molar-refractivity contribution in [2.24, 2.45) is 0 Å². The van der Waals surface area contributed by atoms with Crippen molar-refractivity contribution in [1.29, 1.82) is 0 Å². The summed E-state index contributed by atoms with van der Waals surface area (Å²) in [5.74, 6) is -0.349. The molecule has 0 aromatic heterocycles. The van der Waals surface area contributed by atoms with Crippen LogP contribution in [0.25, 0.3) is 0 Å². The lowest BCUT2D eigenvalue weighted by Crippen LogP contribution is -2.51. The van der Waals surface area contributed by atoms with Crippen LogP contribution in [0.15, 0.2) is 24.3 Å². The van der Waals surface area contributed by atoms with E-state index in [0.29, 0.717) is 26.2 Å². The number of rotatable bonds is 1. The average molecular weight is 358 g/mol. The molecule has 0 aliphatic carbocycles. The second kappa shape index (κ2) is 6.93. The van der Waals surface area contributed by atoms with E-state index in [1.165, 1.54) is 21.9 Å². The summed E-state index contributed by atoms with van der Waals surface area (Å²) < 4.78 is 43.0. The SMILES string of the molecule is CC(C)(C)OC(=O)N1CCN(C(=O)c2ccc(C(F)(F)F)cc2)CC1. The van der Waals surface area contributed by atoms with Gasteiger partial charge in [0.1, 0.15) is 5.60 Å². The van der Waals surface area contributed by atoms with Gasteiger partial charge < -0.3 is 14.5 Å². The van der Waals surface area contributed by atoms with Crippen molar-refractivity contribution in [2.75, 3.05) is 26.2 Å². The van der Waals surface area contributed by atoms with E-state index in [0.717, 1.165) is 12.1 Å². The fraction of sp³-hybridized carbons (Fsp3) is 0.529. The molecule has 1 aliphatic heterocycles. The Kier molecular flexibility index (Phi) is 5.29. The van der Waals surface area contributed by atoms with E-state index >= 15 is 0 Å². The molecule has 0 spiro atoms. The van der Waals surface area contributed by atoms with Crippen molar-refractivity contribution in [2.45, 2.75) is 32.5 Å². The number of nitrogens with zero attached hydrogens (tertiary/aromatic N) is 2. The summed E-state index contributed by atoms with van der Waals surface area (Å²) in [4.78, 5) is 27.4. The summed E-state index contributed by atoms with van der Waals surface area (Å²) in [6, 6.07) is 4.13. The molecule has 0 bridgehead atoms. The molecule has 0 radical (unpaired) electrons. The van der Waals surface area contributed by atoms with Crippen LogP contribution in [-0.4, -0.2) is 53.6 Å². The molecule has 0 unspecified atom stereocenters. The van der Waals surface area contributed by atoms with Gasteiger partial charge in [0.2, 0.25) is 0 Å². The Labute approximate surface area is 144 Å². The van der Waals surface area contributed by atoms with E-state index in [4.69, 9.17) is 4.74 Å². The lowest BCUT2D eigenvalue weighted by atomic mass is 10.1. The van der Waals surface area contributed by atoms with Crippen molar-refractivity contribution in [3.8, 4) is 0 Å². The highest BCUT2D eigenvalue weighted by atomic mass is 19.4. The lowest BCUT2D eigenvalue weighted by molar-refractivity contribution is -0.137. The van der Waals surface area contributed by atoms with Crippen molar-refractivity contribution in [3.63, 3.8) is 0 Å². The molecule has 1 fully saturated rings. The first-order chi connectivity index (χ1) is 11.5. The van der Waals surface area contributed by atoms with Crippen LogP contribution in [0.5, 0.6) is 0 Å². The number of piperazine rings is 1. The average Bonchev–Trinajstić information content (AvgIpc) is 2.52. The molecule has 1 aromatic carbocycles. The van der Waals surface area contributed by atoms with Gasteiger partial charge >= 0.3 is 12.3 Å². The summed E-state index contributed by atoms with van der Waals surface area (Å²) in [5.41, 5.74) is -1.19. The molecule has 1 aromatic rings. The number of hydrogen-bond donors (Lipinski definition) is 0. The topological polar surface area (TPSA) is 49.9 Å². The maximum Gasteiger partial charge on any atom is 0.416 e. The largest absolute Gasteiger partial charge is 0.444 e. The zero-order valence-electron chi connectivity index (χ0n) is 14.4. The highest BCUT2D eigenvalue weighted by Gasteiger charge is 2.31. The fourth-order valence-electron chi connectivity index (χ4n) is 2.40. The predicted octanol–water partition coefficient (Wildman–Crippen LogP) is 3.40. The number of hydrogen-bond acceptors (Lipinski definition) is 3. The molecule has 0 atom stereocenters. The van der Waals surface area contributed by atoms with Gasteiger partial charge in [-0.1, -0.05) is 0 Å². The van der Waals surface area contributed by atoms with E-state index in [9.17, 15) is 22.8 Å². The molecule has 8 heteroatoms. The van der Waals surface area contributed by atoms with Gasteiger partial charge in [-0.15, -0.1) is 0 Å². The van der Waals surface area contributed by atoms with Gasteiger partial charge in [-0.25, -0.2) is 4.79 Å². The van der Waals surface area contributed by atoms with Crippen LogP contribution in [0.3, 0.4) is 0 Å². The standard InChI is InChI=1S/C17H21F3N2O3/c1-16(2,3)25-15(24)22-10-8-21(9-11-22)14(23)12-4-6-13(7-5-12)17(18,19)20/h4-7H,8-11H2,1-3H3. The molecular formula is C17H21F3N2O3. The Morgan fingerprint density at radius 3 is 1.84 bits per heavy atom. The number of amides is 2. The first-order valence-corrected chi connectivity index (χ1v) is 7.92. The molecule has 0 saturated carbocycles. The van der Waals surface area contributed by atoms with Gasteiger partial charge in [0.25, 0.3) is 5.91 Å². The minimum absolute atomic E-state index is 0.193. The van der Waals surface area contributed by atoms with E-state index in [2.05, 4.69) is 0 Å². The molecule has 1 aliphatic rings. The summed E-state index contributed by atoms with van der Waals surface area (Å²) in [6.45, 7) is 6.57. The summed E-state index contributed by atoms with van der Waals surface area (Å²) in [6.07, 6.45) is -4.87. The van der Waals surface area contributed by atoms with Gasteiger partial charge in [-0.3, -0.25) is 4.79 Å². The second-order valence-electron chi connectivity index (χ2n) is 6.83.